The Morgan fingerprint density at radius 1 is 0.383 bits per heavy atom. The van der Waals surface area contributed by atoms with Crippen LogP contribution in [0.3, 0.4) is 0 Å². The predicted molar refractivity (Wildman–Crippen MR) is 260 cm³/mol. The van der Waals surface area contributed by atoms with Gasteiger partial charge < -0.3 is 14.6 Å². The third-order valence-electron chi connectivity index (χ3n) is 9.14. The fraction of sp³-hybridized carbons (Fsp3) is 0.527. The van der Waals surface area contributed by atoms with E-state index in [-0.39, 0.29) is 31.6 Å². The van der Waals surface area contributed by atoms with Gasteiger partial charge in [0.2, 0.25) is 0 Å². The Morgan fingerprint density at radius 2 is 0.700 bits per heavy atom. The maximum atomic E-state index is 12.2. The molecule has 0 spiro atoms. The Hall–Kier alpha value is -4.22. The van der Waals surface area contributed by atoms with E-state index in [4.69, 9.17) is 9.47 Å². The van der Waals surface area contributed by atoms with Crippen LogP contribution in [0, 0.1) is 0 Å². The van der Waals surface area contributed by atoms with E-state index in [1.54, 1.807) is 0 Å². The van der Waals surface area contributed by atoms with Crippen LogP contribution in [-0.2, 0) is 19.1 Å². The molecule has 5 heteroatoms. The normalized spacial score (nSPS) is 13.6. The summed E-state index contributed by atoms with van der Waals surface area (Å²) in [4.78, 5) is 24.3. The summed E-state index contributed by atoms with van der Waals surface area (Å²) in [7, 11) is 0. The number of hydrogen-bond acceptors (Lipinski definition) is 5. The highest BCUT2D eigenvalue weighted by molar-refractivity contribution is 5.70. The number of esters is 2. The molecule has 0 aliphatic heterocycles. The van der Waals surface area contributed by atoms with Crippen LogP contribution in [0.2, 0.25) is 0 Å². The van der Waals surface area contributed by atoms with Crippen LogP contribution in [0.4, 0.5) is 0 Å². The lowest BCUT2D eigenvalue weighted by molar-refractivity contribution is -0.161. The fourth-order valence-electron chi connectivity index (χ4n) is 5.70. The molecule has 334 valence electrons. The molecule has 0 aromatic heterocycles. The lowest BCUT2D eigenvalue weighted by atomic mass is 10.1. The molecule has 0 radical (unpaired) electrons. The molecule has 1 N–H and O–H groups in total. The molecule has 0 fully saturated rings. The minimum Gasteiger partial charge on any atom is -0.462 e. The number of aliphatic hydroxyl groups excluding tert-OH is 1. The SMILES string of the molecule is CC/C=C\C/C=C\C/C=C\C/C=C\C/C=C\C/C=C\C/C=C\C/C=C\CCCCCCCCCCC(=O)OC(CO)COC(=O)CC/C=C\C/C=C\C/C=C\C/C=C\CC. The van der Waals surface area contributed by atoms with Crippen molar-refractivity contribution in [3.8, 4) is 0 Å². The van der Waals surface area contributed by atoms with E-state index in [1.165, 1.54) is 32.1 Å². The molecule has 0 saturated carbocycles. The van der Waals surface area contributed by atoms with Crippen molar-refractivity contribution in [2.24, 2.45) is 0 Å². The van der Waals surface area contributed by atoms with Crippen molar-refractivity contribution in [2.75, 3.05) is 13.2 Å². The van der Waals surface area contributed by atoms with Crippen LogP contribution in [-0.4, -0.2) is 36.4 Å². The number of carbonyl (C=O) groups is 2. The van der Waals surface area contributed by atoms with Crippen molar-refractivity contribution in [1.29, 1.82) is 0 Å². The number of rotatable bonds is 40. The zero-order chi connectivity index (χ0) is 43.5. The minimum atomic E-state index is -0.816. The molecule has 0 aliphatic carbocycles. The summed E-state index contributed by atoms with van der Waals surface area (Å²) in [6.45, 7) is 3.81. The van der Waals surface area contributed by atoms with Crippen molar-refractivity contribution in [3.63, 3.8) is 0 Å². The van der Waals surface area contributed by atoms with E-state index in [2.05, 4.69) is 148 Å². The second-order valence-corrected chi connectivity index (χ2v) is 14.7. The lowest BCUT2D eigenvalue weighted by Crippen LogP contribution is -2.28. The first-order chi connectivity index (χ1) is 29.6. The highest BCUT2D eigenvalue weighted by Gasteiger charge is 2.15. The van der Waals surface area contributed by atoms with Gasteiger partial charge in [0.1, 0.15) is 6.61 Å². The van der Waals surface area contributed by atoms with E-state index in [9.17, 15) is 14.7 Å². The number of carbonyl (C=O) groups excluding carboxylic acids is 2. The van der Waals surface area contributed by atoms with Gasteiger partial charge in [-0.05, 0) is 103 Å². The van der Waals surface area contributed by atoms with E-state index < -0.39 is 6.10 Å². The first-order valence-corrected chi connectivity index (χ1v) is 23.4. The van der Waals surface area contributed by atoms with Crippen LogP contribution in [0.5, 0.6) is 0 Å². The Bertz CT molecular complexity index is 1350. The van der Waals surface area contributed by atoms with Gasteiger partial charge in [-0.1, -0.05) is 198 Å². The molecular weight excluding hydrogens is 741 g/mol. The van der Waals surface area contributed by atoms with Crippen LogP contribution < -0.4 is 0 Å². The topological polar surface area (TPSA) is 72.8 Å². The summed E-state index contributed by atoms with van der Waals surface area (Å²) in [6, 6.07) is 0. The van der Waals surface area contributed by atoms with Crippen LogP contribution >= 0.6 is 0 Å². The smallest absolute Gasteiger partial charge is 0.306 e. The second-order valence-electron chi connectivity index (χ2n) is 14.7. The first-order valence-electron chi connectivity index (χ1n) is 23.4. The third kappa shape index (κ3) is 46.5. The highest BCUT2D eigenvalue weighted by Crippen LogP contribution is 2.12. The van der Waals surface area contributed by atoms with E-state index in [0.717, 1.165) is 103 Å². The van der Waals surface area contributed by atoms with Gasteiger partial charge in [0.15, 0.2) is 6.10 Å². The summed E-state index contributed by atoms with van der Waals surface area (Å²) >= 11 is 0. The molecule has 0 aliphatic rings. The largest absolute Gasteiger partial charge is 0.462 e. The van der Waals surface area contributed by atoms with Crippen molar-refractivity contribution in [3.05, 3.63) is 146 Å². The van der Waals surface area contributed by atoms with Gasteiger partial charge in [-0.15, -0.1) is 0 Å². The van der Waals surface area contributed by atoms with Crippen molar-refractivity contribution in [2.45, 2.75) is 174 Å². The number of unbranched alkanes of at least 4 members (excludes halogenated alkanes) is 8. The summed E-state index contributed by atoms with van der Waals surface area (Å²) in [6.07, 6.45) is 75.2. The molecule has 0 aromatic carbocycles. The van der Waals surface area contributed by atoms with Gasteiger partial charge in [-0.3, -0.25) is 9.59 Å². The summed E-state index contributed by atoms with van der Waals surface area (Å²) < 4.78 is 10.6. The minimum absolute atomic E-state index is 0.117. The molecule has 60 heavy (non-hydrogen) atoms. The molecule has 1 atom stereocenters. The Kier molecular flexibility index (Phi) is 45.7. The lowest BCUT2D eigenvalue weighted by Gasteiger charge is -2.15. The average Bonchev–Trinajstić information content (AvgIpc) is 3.25. The van der Waals surface area contributed by atoms with Gasteiger partial charge in [0.05, 0.1) is 6.61 Å². The van der Waals surface area contributed by atoms with Crippen LogP contribution in [0.1, 0.15) is 168 Å². The van der Waals surface area contributed by atoms with Gasteiger partial charge in [-0.2, -0.15) is 0 Å². The number of allylic oxidation sites excluding steroid dienone is 24. The molecule has 0 bridgehead atoms. The van der Waals surface area contributed by atoms with Crippen LogP contribution in [0.25, 0.3) is 0 Å². The first kappa shape index (κ1) is 55.8. The zero-order valence-corrected chi connectivity index (χ0v) is 37.9. The van der Waals surface area contributed by atoms with Crippen molar-refractivity contribution >= 4 is 11.9 Å². The van der Waals surface area contributed by atoms with E-state index in [0.29, 0.717) is 12.8 Å². The van der Waals surface area contributed by atoms with Crippen LogP contribution in [0.15, 0.2) is 146 Å². The summed E-state index contributed by atoms with van der Waals surface area (Å²) in [5.74, 6) is -0.710. The van der Waals surface area contributed by atoms with Gasteiger partial charge in [0, 0.05) is 12.8 Å². The number of hydrogen-bond donors (Lipinski definition) is 1. The molecule has 0 heterocycles. The number of ether oxygens (including phenoxy) is 2. The van der Waals surface area contributed by atoms with Crippen molar-refractivity contribution in [1.82, 2.24) is 0 Å². The number of aliphatic hydroxyl groups is 1. The standard InChI is InChI=1S/C55H84O5/c1-3-5-7-9-11-13-15-17-18-19-20-21-22-23-24-25-26-27-28-29-30-31-32-33-34-35-36-38-40-42-44-46-48-50-55(58)60-53(51-56)52-59-54(57)49-47-45-43-41-39-37-16-14-12-10-8-6-4-2/h5-8,11-14,17-18,20-21,23-24,26-27,29-30,32-33,37,39,43,45,53,56H,3-4,9-10,15-16,19,22,25,28,31,34-36,38,40-42,44,46-52H2,1-2H3/b7-5-,8-6-,13-11-,14-12-,18-17-,21-20-,24-23-,27-26-,30-29-,33-32-,39-37-,45-43-. The highest BCUT2D eigenvalue weighted by atomic mass is 16.6. The predicted octanol–water partition coefficient (Wildman–Crippen LogP) is 15.5. The van der Waals surface area contributed by atoms with Gasteiger partial charge >= 0.3 is 11.9 Å². The molecule has 0 rings (SSSR count). The van der Waals surface area contributed by atoms with Gasteiger partial charge in [-0.25, -0.2) is 0 Å². The van der Waals surface area contributed by atoms with Gasteiger partial charge in [0.25, 0.3) is 0 Å². The Labute approximate surface area is 368 Å². The third-order valence-corrected chi connectivity index (χ3v) is 9.14. The molecule has 1 unspecified atom stereocenters. The average molecular weight is 825 g/mol. The molecule has 0 aromatic rings. The second kappa shape index (κ2) is 49.1. The Balaban J connectivity index is 3.67. The maximum Gasteiger partial charge on any atom is 0.306 e. The Morgan fingerprint density at radius 3 is 1.07 bits per heavy atom. The van der Waals surface area contributed by atoms with E-state index >= 15 is 0 Å². The summed E-state index contributed by atoms with van der Waals surface area (Å²) in [5.41, 5.74) is 0. The zero-order valence-electron chi connectivity index (χ0n) is 37.9. The van der Waals surface area contributed by atoms with E-state index in [1.807, 2.05) is 12.2 Å². The fourth-order valence-corrected chi connectivity index (χ4v) is 5.70. The van der Waals surface area contributed by atoms with Crippen molar-refractivity contribution < 1.29 is 24.2 Å². The summed E-state index contributed by atoms with van der Waals surface area (Å²) in [5, 5.41) is 9.57. The molecule has 0 amide bonds. The maximum absolute atomic E-state index is 12.2. The molecular formula is C55H84O5. The quantitative estimate of drug-likeness (QED) is 0.0378. The molecule has 5 nitrogen and oxygen atoms in total. The monoisotopic (exact) mass is 825 g/mol. The molecule has 0 saturated heterocycles.